The standard InChI is InChI=1S/C31H41NO/c1-18(2)12-25-16-29-27-15-20(4)13-21(5)30(27)31(9,23(7)22(6)24(8)33)17-32(29)28-11-10-19(3)14-26(25)28/h10-11,13-16,18,22-23,29H,12,17H2,1-9H3. The number of hydrogen-bond acceptors (Lipinski definition) is 2. The maximum absolute atomic E-state index is 12.5. The molecule has 0 saturated heterocycles. The van der Waals surface area contributed by atoms with Gasteiger partial charge in [-0.15, -0.1) is 0 Å². The predicted octanol–water partition coefficient (Wildman–Crippen LogP) is 7.74. The molecule has 0 bridgehead atoms. The van der Waals surface area contributed by atoms with Crippen LogP contribution in [0.2, 0.25) is 0 Å². The Balaban J connectivity index is 1.98. The number of allylic oxidation sites excluding steroid dienone is 1. The van der Waals surface area contributed by atoms with Crippen molar-refractivity contribution in [3.63, 3.8) is 0 Å². The van der Waals surface area contributed by atoms with E-state index >= 15 is 0 Å². The van der Waals surface area contributed by atoms with Crippen molar-refractivity contribution in [2.75, 3.05) is 11.4 Å². The first-order valence-corrected chi connectivity index (χ1v) is 12.6. The van der Waals surface area contributed by atoms with Crippen LogP contribution in [0.25, 0.3) is 5.57 Å². The molecular weight excluding hydrogens is 402 g/mol. The van der Waals surface area contributed by atoms with Crippen molar-refractivity contribution in [3.05, 3.63) is 69.8 Å². The second-order valence-electron chi connectivity index (χ2n) is 11.5. The average molecular weight is 444 g/mol. The molecule has 0 saturated carbocycles. The molecule has 4 atom stereocenters. The number of Topliss-reactive ketones (excluding diaryl/α,β-unsaturated/α-hetero) is 1. The van der Waals surface area contributed by atoms with Gasteiger partial charge in [-0.2, -0.15) is 0 Å². The number of benzene rings is 2. The Kier molecular flexibility index (Phi) is 6.10. The summed E-state index contributed by atoms with van der Waals surface area (Å²) in [6, 6.07) is 11.9. The number of carbonyl (C=O) groups excluding carboxylic acids is 1. The van der Waals surface area contributed by atoms with Gasteiger partial charge < -0.3 is 4.90 Å². The largest absolute Gasteiger partial charge is 0.360 e. The van der Waals surface area contributed by atoms with Crippen LogP contribution in [0.1, 0.15) is 87.4 Å². The Morgan fingerprint density at radius 3 is 2.39 bits per heavy atom. The van der Waals surface area contributed by atoms with E-state index in [9.17, 15) is 4.79 Å². The number of hydrogen-bond donors (Lipinski definition) is 0. The van der Waals surface area contributed by atoms with Gasteiger partial charge in [-0.3, -0.25) is 4.79 Å². The summed E-state index contributed by atoms with van der Waals surface area (Å²) >= 11 is 0. The van der Waals surface area contributed by atoms with E-state index in [1.807, 2.05) is 0 Å². The molecule has 2 aliphatic heterocycles. The van der Waals surface area contributed by atoms with Crippen molar-refractivity contribution in [1.29, 1.82) is 0 Å². The van der Waals surface area contributed by atoms with Crippen molar-refractivity contribution < 1.29 is 4.79 Å². The van der Waals surface area contributed by atoms with Gasteiger partial charge in [0.25, 0.3) is 0 Å². The molecule has 33 heavy (non-hydrogen) atoms. The number of carbonyl (C=O) groups is 1. The van der Waals surface area contributed by atoms with Gasteiger partial charge >= 0.3 is 0 Å². The van der Waals surface area contributed by atoms with E-state index in [1.165, 1.54) is 44.6 Å². The molecule has 0 aromatic heterocycles. The lowest BCUT2D eigenvalue weighted by Crippen LogP contribution is -2.52. The van der Waals surface area contributed by atoms with Gasteiger partial charge in [0.05, 0.1) is 6.04 Å². The molecule has 176 valence electrons. The van der Waals surface area contributed by atoms with Crippen molar-refractivity contribution in [3.8, 4) is 0 Å². The highest BCUT2D eigenvalue weighted by atomic mass is 16.1. The Morgan fingerprint density at radius 2 is 1.76 bits per heavy atom. The number of rotatable bonds is 5. The van der Waals surface area contributed by atoms with E-state index in [0.29, 0.717) is 5.92 Å². The summed E-state index contributed by atoms with van der Waals surface area (Å²) in [5.41, 5.74) is 11.0. The summed E-state index contributed by atoms with van der Waals surface area (Å²) in [6.07, 6.45) is 3.63. The molecule has 2 heterocycles. The number of ketones is 1. The zero-order valence-electron chi connectivity index (χ0n) is 22.0. The Labute approximate surface area is 201 Å². The van der Waals surface area contributed by atoms with Crippen LogP contribution >= 0.6 is 0 Å². The summed E-state index contributed by atoms with van der Waals surface area (Å²) in [7, 11) is 0. The molecule has 0 spiro atoms. The van der Waals surface area contributed by atoms with Crippen LogP contribution in [-0.2, 0) is 10.2 Å². The van der Waals surface area contributed by atoms with Gasteiger partial charge in [0.15, 0.2) is 0 Å². The van der Waals surface area contributed by atoms with Crippen LogP contribution in [0.3, 0.4) is 0 Å². The van der Waals surface area contributed by atoms with E-state index in [1.54, 1.807) is 6.92 Å². The second kappa shape index (κ2) is 8.46. The summed E-state index contributed by atoms with van der Waals surface area (Å²) < 4.78 is 0. The van der Waals surface area contributed by atoms with Crippen LogP contribution < -0.4 is 4.90 Å². The van der Waals surface area contributed by atoms with Crippen LogP contribution in [-0.4, -0.2) is 12.3 Å². The normalized spacial score (nSPS) is 23.4. The molecule has 2 aromatic carbocycles. The van der Waals surface area contributed by atoms with Crippen LogP contribution in [0.15, 0.2) is 36.4 Å². The molecule has 0 aliphatic carbocycles. The third-order valence-electron chi connectivity index (χ3n) is 8.43. The summed E-state index contributed by atoms with van der Waals surface area (Å²) in [4.78, 5) is 15.1. The number of nitrogens with zero attached hydrogens (tertiary/aromatic N) is 1. The average Bonchev–Trinajstić information content (AvgIpc) is 2.72. The van der Waals surface area contributed by atoms with E-state index in [0.717, 1.165) is 13.0 Å². The van der Waals surface area contributed by atoms with E-state index < -0.39 is 0 Å². The monoisotopic (exact) mass is 443 g/mol. The number of aryl methyl sites for hydroxylation is 3. The molecule has 0 N–H and O–H groups in total. The fourth-order valence-electron chi connectivity index (χ4n) is 6.46. The SMILES string of the molecule is CC(=O)C(C)C(C)C1(C)CN2c3ccc(C)cc3C(CC(C)C)=CC2c2cc(C)cc(C)c21. The lowest BCUT2D eigenvalue weighted by Gasteiger charge is -2.53. The molecule has 4 unspecified atom stereocenters. The Hall–Kier alpha value is -2.35. The maximum Gasteiger partial charge on any atom is 0.132 e. The highest BCUT2D eigenvalue weighted by molar-refractivity contribution is 5.83. The molecule has 0 radical (unpaired) electrons. The quantitative estimate of drug-likeness (QED) is 0.471. The molecule has 2 aromatic rings. The van der Waals surface area contributed by atoms with E-state index in [-0.39, 0.29) is 29.1 Å². The second-order valence-corrected chi connectivity index (χ2v) is 11.5. The highest BCUT2D eigenvalue weighted by Gasteiger charge is 2.47. The van der Waals surface area contributed by atoms with Gasteiger partial charge in [0, 0.05) is 29.1 Å². The predicted molar refractivity (Wildman–Crippen MR) is 141 cm³/mol. The molecule has 4 rings (SSSR count). The van der Waals surface area contributed by atoms with Gasteiger partial charge in [0.1, 0.15) is 5.78 Å². The maximum atomic E-state index is 12.5. The van der Waals surface area contributed by atoms with Gasteiger partial charge in [0.2, 0.25) is 0 Å². The topological polar surface area (TPSA) is 20.3 Å². The first-order valence-electron chi connectivity index (χ1n) is 12.6. The lowest BCUT2D eigenvalue weighted by atomic mass is 9.61. The lowest BCUT2D eigenvalue weighted by molar-refractivity contribution is -0.122. The van der Waals surface area contributed by atoms with Crippen LogP contribution in [0.4, 0.5) is 5.69 Å². The smallest absolute Gasteiger partial charge is 0.132 e. The molecular formula is C31H41NO. The first-order chi connectivity index (χ1) is 15.4. The molecule has 0 amide bonds. The summed E-state index contributed by atoms with van der Waals surface area (Å²) in [5, 5.41) is 0. The number of anilines is 1. The van der Waals surface area contributed by atoms with Gasteiger partial charge in [-0.25, -0.2) is 0 Å². The first kappa shape index (κ1) is 23.8. The third kappa shape index (κ3) is 3.96. The Morgan fingerprint density at radius 1 is 1.06 bits per heavy atom. The summed E-state index contributed by atoms with van der Waals surface area (Å²) in [6.45, 7) is 20.8. The van der Waals surface area contributed by atoms with Crippen LogP contribution in [0.5, 0.6) is 0 Å². The minimum absolute atomic E-state index is 0.0226. The molecule has 2 aliphatic rings. The fraction of sp³-hybridized carbons (Fsp3) is 0.516. The zero-order valence-corrected chi connectivity index (χ0v) is 22.0. The van der Waals surface area contributed by atoms with Crippen LogP contribution in [0, 0.1) is 38.5 Å². The summed E-state index contributed by atoms with van der Waals surface area (Å²) in [5.74, 6) is 1.16. The Bertz CT molecular complexity index is 1120. The van der Waals surface area contributed by atoms with Crippen molar-refractivity contribution in [1.82, 2.24) is 0 Å². The van der Waals surface area contributed by atoms with Gasteiger partial charge in [-0.05, 0) is 80.3 Å². The highest BCUT2D eigenvalue weighted by Crippen LogP contribution is 2.53. The number of fused-ring (bicyclic) bond motifs is 5. The zero-order chi connectivity index (χ0) is 24.2. The van der Waals surface area contributed by atoms with E-state index in [2.05, 4.69) is 96.7 Å². The molecule has 2 nitrogen and oxygen atoms in total. The van der Waals surface area contributed by atoms with Crippen molar-refractivity contribution in [2.24, 2.45) is 17.8 Å². The minimum atomic E-state index is -0.111. The van der Waals surface area contributed by atoms with Crippen molar-refractivity contribution >= 4 is 17.0 Å². The molecule has 2 heteroatoms. The van der Waals surface area contributed by atoms with E-state index in [4.69, 9.17) is 0 Å². The molecule has 0 fully saturated rings. The minimum Gasteiger partial charge on any atom is -0.360 e. The third-order valence-corrected chi connectivity index (χ3v) is 8.43. The van der Waals surface area contributed by atoms with Gasteiger partial charge in [-0.1, -0.05) is 70.0 Å². The van der Waals surface area contributed by atoms with Crippen molar-refractivity contribution in [2.45, 2.75) is 80.2 Å². The fourth-order valence-corrected chi connectivity index (χ4v) is 6.46.